The number of aliphatic carboxylic acids is 1. The summed E-state index contributed by atoms with van der Waals surface area (Å²) in [5.41, 5.74) is 2.91. The molecular formula is C25H25N3O4. The largest absolute Gasteiger partial charge is 0.508 e. The Morgan fingerprint density at radius 1 is 1.06 bits per heavy atom. The zero-order chi connectivity index (χ0) is 22.7. The van der Waals surface area contributed by atoms with Gasteiger partial charge >= 0.3 is 5.97 Å². The second kappa shape index (κ2) is 9.09. The van der Waals surface area contributed by atoms with Crippen molar-refractivity contribution in [2.75, 3.05) is 0 Å². The Bertz CT molecular complexity index is 1280. The lowest BCUT2D eigenvalue weighted by Crippen LogP contribution is -2.42. The smallest absolute Gasteiger partial charge is 0.326 e. The van der Waals surface area contributed by atoms with Crippen molar-refractivity contribution >= 4 is 33.7 Å². The number of carbonyl (C=O) groups excluding carboxylic acids is 1. The van der Waals surface area contributed by atoms with Crippen molar-refractivity contribution in [2.45, 2.75) is 38.8 Å². The number of para-hydroxylation sites is 1. The number of carboxylic acid groups (broad SMARTS) is 1. The molecule has 2 aromatic heterocycles. The fraction of sp³-hybridized carbons (Fsp3) is 0.240. The van der Waals surface area contributed by atoms with Gasteiger partial charge in [-0.25, -0.2) is 9.78 Å². The van der Waals surface area contributed by atoms with Gasteiger partial charge in [-0.1, -0.05) is 43.7 Å². The molecule has 3 N–H and O–H groups in total. The Labute approximate surface area is 185 Å². The average Bonchev–Trinajstić information content (AvgIpc) is 3.11. The number of rotatable bonds is 8. The van der Waals surface area contributed by atoms with E-state index in [4.69, 9.17) is 0 Å². The first-order chi connectivity index (χ1) is 15.5. The van der Waals surface area contributed by atoms with Gasteiger partial charge in [0, 0.05) is 29.3 Å². The number of phenols is 1. The number of fused-ring (bicyclic) bond motifs is 3. The lowest BCUT2D eigenvalue weighted by atomic mass is 10.1. The van der Waals surface area contributed by atoms with Crippen molar-refractivity contribution in [3.8, 4) is 5.75 Å². The van der Waals surface area contributed by atoms with Gasteiger partial charge in [-0.05, 0) is 36.2 Å². The van der Waals surface area contributed by atoms with Gasteiger partial charge in [0.05, 0.1) is 11.7 Å². The van der Waals surface area contributed by atoms with Crippen LogP contribution in [0.3, 0.4) is 0 Å². The number of nitrogens with zero attached hydrogens (tertiary/aromatic N) is 2. The van der Waals surface area contributed by atoms with E-state index in [0.29, 0.717) is 5.56 Å². The molecule has 0 bridgehead atoms. The van der Waals surface area contributed by atoms with Crippen LogP contribution in [-0.2, 0) is 17.8 Å². The van der Waals surface area contributed by atoms with Crippen LogP contribution < -0.4 is 5.32 Å². The maximum absolute atomic E-state index is 12.9. The van der Waals surface area contributed by atoms with Crippen molar-refractivity contribution < 1.29 is 19.8 Å². The molecule has 0 radical (unpaired) electrons. The molecule has 1 atom stereocenters. The van der Waals surface area contributed by atoms with E-state index in [9.17, 15) is 19.8 Å². The molecule has 7 nitrogen and oxygen atoms in total. The van der Waals surface area contributed by atoms with E-state index < -0.39 is 17.9 Å². The number of aryl methyl sites for hydroxylation is 1. The number of benzene rings is 2. The highest BCUT2D eigenvalue weighted by Gasteiger charge is 2.22. The molecule has 7 heteroatoms. The number of unbranched alkanes of at least 4 members (excludes halogenated alkanes) is 1. The maximum Gasteiger partial charge on any atom is 0.326 e. The number of carbonyl (C=O) groups is 2. The highest BCUT2D eigenvalue weighted by Crippen LogP contribution is 2.29. The van der Waals surface area contributed by atoms with Gasteiger partial charge in [0.2, 0.25) is 0 Å². The van der Waals surface area contributed by atoms with Crippen LogP contribution in [0.25, 0.3) is 21.8 Å². The first-order valence-electron chi connectivity index (χ1n) is 10.7. The highest BCUT2D eigenvalue weighted by molar-refractivity contribution is 6.10. The second-order valence-electron chi connectivity index (χ2n) is 7.84. The number of aromatic hydroxyl groups is 1. The molecule has 0 saturated heterocycles. The molecule has 32 heavy (non-hydrogen) atoms. The van der Waals surface area contributed by atoms with Crippen LogP contribution in [0.2, 0.25) is 0 Å². The number of carboxylic acids is 1. The number of amides is 1. The van der Waals surface area contributed by atoms with Gasteiger partial charge in [0.25, 0.3) is 5.91 Å². The van der Waals surface area contributed by atoms with Gasteiger partial charge in [-0.15, -0.1) is 0 Å². The standard InChI is InChI=1S/C25H25N3O4/c1-2-3-12-28-22-7-5-4-6-18(22)19-14-20(26-15-23(19)28)24(30)27-21(25(31)32)13-16-8-10-17(29)11-9-16/h4-11,14-15,21,29H,2-3,12-13H2,1H3,(H,27,30)(H,31,32)/t21-/m0/s1. The molecule has 4 aromatic rings. The Morgan fingerprint density at radius 3 is 2.53 bits per heavy atom. The van der Waals surface area contributed by atoms with Crippen molar-refractivity contribution in [1.29, 1.82) is 0 Å². The fourth-order valence-corrected chi connectivity index (χ4v) is 3.93. The van der Waals surface area contributed by atoms with Crippen molar-refractivity contribution in [2.24, 2.45) is 0 Å². The minimum atomic E-state index is -1.14. The average molecular weight is 431 g/mol. The summed E-state index contributed by atoms with van der Waals surface area (Å²) in [7, 11) is 0. The normalized spacial score (nSPS) is 12.2. The number of nitrogens with one attached hydrogen (secondary N) is 1. The third-order valence-corrected chi connectivity index (χ3v) is 5.61. The zero-order valence-electron chi connectivity index (χ0n) is 17.8. The van der Waals surface area contributed by atoms with E-state index in [-0.39, 0.29) is 17.9 Å². The first-order valence-corrected chi connectivity index (χ1v) is 10.7. The summed E-state index contributed by atoms with van der Waals surface area (Å²) in [6.45, 7) is 3.01. The van der Waals surface area contributed by atoms with Crippen LogP contribution in [0.5, 0.6) is 5.75 Å². The van der Waals surface area contributed by atoms with E-state index in [1.165, 1.54) is 12.1 Å². The predicted molar refractivity (Wildman–Crippen MR) is 123 cm³/mol. The van der Waals surface area contributed by atoms with E-state index in [1.54, 1.807) is 24.4 Å². The summed E-state index contributed by atoms with van der Waals surface area (Å²) in [6.07, 6.45) is 3.89. The number of pyridine rings is 1. The van der Waals surface area contributed by atoms with Crippen molar-refractivity contribution in [1.82, 2.24) is 14.9 Å². The topological polar surface area (TPSA) is 104 Å². The van der Waals surface area contributed by atoms with Crippen molar-refractivity contribution in [3.05, 3.63) is 72.1 Å². The third kappa shape index (κ3) is 4.27. The predicted octanol–water partition coefficient (Wildman–Crippen LogP) is 4.12. The quantitative estimate of drug-likeness (QED) is 0.389. The lowest BCUT2D eigenvalue weighted by Gasteiger charge is -2.14. The molecule has 0 fully saturated rings. The first kappa shape index (κ1) is 21.4. The molecule has 0 aliphatic heterocycles. The van der Waals surface area contributed by atoms with Crippen LogP contribution in [0.15, 0.2) is 60.8 Å². The molecule has 4 rings (SSSR count). The van der Waals surface area contributed by atoms with E-state index in [0.717, 1.165) is 41.2 Å². The van der Waals surface area contributed by atoms with E-state index in [1.807, 2.05) is 18.2 Å². The zero-order valence-corrected chi connectivity index (χ0v) is 17.8. The maximum atomic E-state index is 12.9. The Balaban J connectivity index is 1.63. The number of hydrogen-bond donors (Lipinski definition) is 3. The lowest BCUT2D eigenvalue weighted by molar-refractivity contribution is -0.139. The molecule has 2 aromatic carbocycles. The highest BCUT2D eigenvalue weighted by atomic mass is 16.4. The Hall–Kier alpha value is -3.87. The third-order valence-electron chi connectivity index (χ3n) is 5.61. The number of aromatic nitrogens is 2. The van der Waals surface area contributed by atoms with Gasteiger partial charge < -0.3 is 20.1 Å². The molecule has 0 aliphatic rings. The number of hydrogen-bond acceptors (Lipinski definition) is 4. The van der Waals surface area contributed by atoms with Crippen LogP contribution in [0, 0.1) is 0 Å². The second-order valence-corrected chi connectivity index (χ2v) is 7.84. The Morgan fingerprint density at radius 2 is 1.81 bits per heavy atom. The number of phenolic OH excluding ortho intramolecular Hbond substituents is 1. The minimum Gasteiger partial charge on any atom is -0.508 e. The molecular weight excluding hydrogens is 406 g/mol. The van der Waals surface area contributed by atoms with Gasteiger partial charge in [0.15, 0.2) is 0 Å². The SMILES string of the molecule is CCCCn1c2ccccc2c2cc(C(=O)N[C@@H](Cc3ccc(O)cc3)C(=O)O)ncc21. The van der Waals surface area contributed by atoms with Crippen LogP contribution in [0.1, 0.15) is 35.8 Å². The van der Waals surface area contributed by atoms with Gasteiger partial charge in [-0.3, -0.25) is 4.79 Å². The van der Waals surface area contributed by atoms with Gasteiger partial charge in [0.1, 0.15) is 17.5 Å². The summed E-state index contributed by atoms with van der Waals surface area (Å²) in [5.74, 6) is -1.58. The summed E-state index contributed by atoms with van der Waals surface area (Å²) in [5, 5.41) is 23.5. The molecule has 2 heterocycles. The fourth-order valence-electron chi connectivity index (χ4n) is 3.93. The molecule has 0 spiro atoms. The molecule has 164 valence electrons. The van der Waals surface area contributed by atoms with E-state index >= 15 is 0 Å². The van der Waals surface area contributed by atoms with Gasteiger partial charge in [-0.2, -0.15) is 0 Å². The van der Waals surface area contributed by atoms with E-state index in [2.05, 4.69) is 27.9 Å². The van der Waals surface area contributed by atoms with Crippen LogP contribution in [0.4, 0.5) is 0 Å². The molecule has 1 amide bonds. The Kier molecular flexibility index (Phi) is 6.07. The summed E-state index contributed by atoms with van der Waals surface area (Å²) in [4.78, 5) is 29.0. The summed E-state index contributed by atoms with van der Waals surface area (Å²) >= 11 is 0. The molecule has 0 aliphatic carbocycles. The summed E-state index contributed by atoms with van der Waals surface area (Å²) < 4.78 is 2.22. The summed E-state index contributed by atoms with van der Waals surface area (Å²) in [6, 6.07) is 14.9. The molecule has 0 unspecified atom stereocenters. The minimum absolute atomic E-state index is 0.0971. The monoisotopic (exact) mass is 431 g/mol. The van der Waals surface area contributed by atoms with Crippen molar-refractivity contribution in [3.63, 3.8) is 0 Å². The molecule has 0 saturated carbocycles. The van der Waals surface area contributed by atoms with Crippen LogP contribution in [-0.4, -0.2) is 37.7 Å². The van der Waals surface area contributed by atoms with Crippen LogP contribution >= 0.6 is 0 Å².